The molecule has 0 heterocycles. The van der Waals surface area contributed by atoms with Crippen molar-refractivity contribution in [2.24, 2.45) is 5.92 Å². The number of Topliss-reactive ketones (excluding diaryl/α,β-unsaturated/α-hetero) is 1. The minimum absolute atomic E-state index is 0.0489. The molecule has 1 aliphatic carbocycles. The normalized spacial score (nSPS) is 16.4. The Balaban J connectivity index is 1.85. The van der Waals surface area contributed by atoms with Crippen LogP contribution in [0.2, 0.25) is 0 Å². The van der Waals surface area contributed by atoms with Gasteiger partial charge in [-0.1, -0.05) is 69.5 Å². The van der Waals surface area contributed by atoms with Crippen LogP contribution >= 0.6 is 0 Å². The molecule has 0 bridgehead atoms. The summed E-state index contributed by atoms with van der Waals surface area (Å²) < 4.78 is 0. The average Bonchev–Trinajstić information content (AvgIpc) is 2.63. The minimum Gasteiger partial charge on any atom is -0.294 e. The Labute approximate surface area is 144 Å². The van der Waals surface area contributed by atoms with Crippen molar-refractivity contribution in [3.63, 3.8) is 0 Å². The Morgan fingerprint density at radius 1 is 1.00 bits per heavy atom. The van der Waals surface area contributed by atoms with Crippen LogP contribution < -0.4 is 0 Å². The average molecular weight is 316 g/mol. The first-order valence-electron chi connectivity index (χ1n) is 8.58. The summed E-state index contributed by atoms with van der Waals surface area (Å²) in [6, 6.07) is 16.3. The van der Waals surface area contributed by atoms with Crippen LogP contribution in [0.15, 0.2) is 67.3 Å². The number of aryl methyl sites for hydroxylation is 1. The van der Waals surface area contributed by atoms with Gasteiger partial charge < -0.3 is 0 Å². The number of benzene rings is 2. The van der Waals surface area contributed by atoms with Gasteiger partial charge in [0.2, 0.25) is 0 Å². The van der Waals surface area contributed by atoms with Crippen LogP contribution in [0.1, 0.15) is 53.2 Å². The van der Waals surface area contributed by atoms with Crippen LogP contribution in [0.25, 0.3) is 5.57 Å². The molecule has 0 saturated carbocycles. The molecule has 0 radical (unpaired) electrons. The van der Waals surface area contributed by atoms with Crippen molar-refractivity contribution in [3.05, 3.63) is 89.5 Å². The van der Waals surface area contributed by atoms with E-state index in [1.807, 2.05) is 37.3 Å². The predicted molar refractivity (Wildman–Crippen MR) is 101 cm³/mol. The Bertz CT molecular complexity index is 798. The van der Waals surface area contributed by atoms with Crippen molar-refractivity contribution in [1.82, 2.24) is 0 Å². The lowest BCUT2D eigenvalue weighted by Gasteiger charge is -2.23. The van der Waals surface area contributed by atoms with Gasteiger partial charge in [0.15, 0.2) is 5.78 Å². The first-order chi connectivity index (χ1) is 11.5. The molecule has 0 N–H and O–H groups in total. The summed E-state index contributed by atoms with van der Waals surface area (Å²) in [6.45, 7) is 12.4. The molecule has 0 fully saturated rings. The van der Waals surface area contributed by atoms with E-state index in [1.54, 1.807) is 0 Å². The summed E-state index contributed by atoms with van der Waals surface area (Å²) in [4.78, 5) is 13.0. The Hall–Kier alpha value is -2.41. The van der Waals surface area contributed by atoms with Crippen LogP contribution in [0.5, 0.6) is 0 Å². The molecule has 2 atom stereocenters. The summed E-state index contributed by atoms with van der Waals surface area (Å²) in [5.74, 6) is 0.362. The molecule has 1 unspecified atom stereocenters. The molecule has 0 aromatic heterocycles. The van der Waals surface area contributed by atoms with E-state index in [1.165, 1.54) is 11.1 Å². The third kappa shape index (κ3) is 2.99. The van der Waals surface area contributed by atoms with E-state index in [4.69, 9.17) is 0 Å². The number of carbonyl (C=O) groups excluding carboxylic acids is 1. The van der Waals surface area contributed by atoms with Gasteiger partial charge in [-0.15, -0.1) is 0 Å². The number of carbonyl (C=O) groups is 1. The standard InChI is InChI=1S/C23H24O/c1-15-10-11-20-14-21(12-13-22(20)16(15)2)23(24)18(4)17(3)19-8-6-5-7-9-19/h5-9,12-14,17-18H,1-2,10-11H2,3-4H3/t17-,18?/m0/s1. The first kappa shape index (κ1) is 16.4. The van der Waals surface area contributed by atoms with Crippen LogP contribution in [0.4, 0.5) is 0 Å². The highest BCUT2D eigenvalue weighted by atomic mass is 16.1. The van der Waals surface area contributed by atoms with Gasteiger partial charge in [-0.25, -0.2) is 0 Å². The minimum atomic E-state index is -0.0489. The summed E-state index contributed by atoms with van der Waals surface area (Å²) in [5.41, 5.74) is 6.50. The molecule has 2 aromatic rings. The third-order valence-corrected chi connectivity index (χ3v) is 5.33. The van der Waals surface area contributed by atoms with Gasteiger partial charge >= 0.3 is 0 Å². The molecule has 0 spiro atoms. The fraction of sp³-hybridized carbons (Fsp3) is 0.261. The van der Waals surface area contributed by atoms with Gasteiger partial charge in [-0.05, 0) is 52.7 Å². The van der Waals surface area contributed by atoms with Crippen LogP contribution in [0.3, 0.4) is 0 Å². The molecule has 1 aliphatic rings. The maximum absolute atomic E-state index is 13.0. The lowest BCUT2D eigenvalue weighted by molar-refractivity contribution is 0.0915. The van der Waals surface area contributed by atoms with E-state index in [2.05, 4.69) is 38.3 Å². The smallest absolute Gasteiger partial charge is 0.166 e. The lowest BCUT2D eigenvalue weighted by Crippen LogP contribution is -2.18. The molecule has 122 valence electrons. The summed E-state index contributed by atoms with van der Waals surface area (Å²) in [6.07, 6.45) is 1.87. The predicted octanol–water partition coefficient (Wildman–Crippen LogP) is 5.82. The largest absolute Gasteiger partial charge is 0.294 e. The van der Waals surface area contributed by atoms with E-state index in [0.29, 0.717) is 0 Å². The van der Waals surface area contributed by atoms with Crippen LogP contribution in [-0.4, -0.2) is 5.78 Å². The molecule has 3 rings (SSSR count). The molecule has 0 amide bonds. The Morgan fingerprint density at radius 2 is 1.71 bits per heavy atom. The zero-order chi connectivity index (χ0) is 17.3. The lowest BCUT2D eigenvalue weighted by atomic mass is 9.81. The van der Waals surface area contributed by atoms with E-state index >= 15 is 0 Å². The van der Waals surface area contributed by atoms with Crippen molar-refractivity contribution in [2.75, 3.05) is 0 Å². The van der Waals surface area contributed by atoms with E-state index in [9.17, 15) is 4.79 Å². The number of hydrogen-bond donors (Lipinski definition) is 0. The Kier molecular flexibility index (Phi) is 4.53. The first-order valence-corrected chi connectivity index (χ1v) is 8.58. The number of hydrogen-bond acceptors (Lipinski definition) is 1. The van der Waals surface area contributed by atoms with Crippen molar-refractivity contribution < 1.29 is 4.79 Å². The maximum atomic E-state index is 13.0. The Morgan fingerprint density at radius 3 is 2.42 bits per heavy atom. The number of ketones is 1. The van der Waals surface area contributed by atoms with Gasteiger partial charge in [0.25, 0.3) is 0 Å². The second-order valence-corrected chi connectivity index (χ2v) is 6.81. The molecule has 1 heteroatoms. The van der Waals surface area contributed by atoms with Gasteiger partial charge in [0.1, 0.15) is 0 Å². The van der Waals surface area contributed by atoms with Crippen molar-refractivity contribution in [1.29, 1.82) is 0 Å². The van der Waals surface area contributed by atoms with Crippen LogP contribution in [-0.2, 0) is 6.42 Å². The number of allylic oxidation sites excluding steroid dienone is 2. The van der Waals surface area contributed by atoms with E-state index in [0.717, 1.165) is 35.1 Å². The molecular weight excluding hydrogens is 292 g/mol. The second kappa shape index (κ2) is 6.60. The van der Waals surface area contributed by atoms with Crippen molar-refractivity contribution >= 4 is 11.4 Å². The fourth-order valence-electron chi connectivity index (χ4n) is 3.41. The highest BCUT2D eigenvalue weighted by Crippen LogP contribution is 2.34. The van der Waals surface area contributed by atoms with Gasteiger partial charge in [-0.2, -0.15) is 0 Å². The fourth-order valence-corrected chi connectivity index (χ4v) is 3.41. The van der Waals surface area contributed by atoms with Gasteiger partial charge in [-0.3, -0.25) is 4.79 Å². The third-order valence-electron chi connectivity index (χ3n) is 5.33. The summed E-state index contributed by atoms with van der Waals surface area (Å²) >= 11 is 0. The van der Waals surface area contributed by atoms with Crippen LogP contribution in [0, 0.1) is 5.92 Å². The number of fused-ring (bicyclic) bond motifs is 1. The SMILES string of the molecule is C=C1CCc2cc(C(=O)C(C)[C@H](C)c3ccccc3)ccc2C1=C. The zero-order valence-electron chi connectivity index (χ0n) is 14.5. The maximum Gasteiger partial charge on any atom is 0.166 e. The van der Waals surface area contributed by atoms with Gasteiger partial charge in [0.05, 0.1) is 0 Å². The van der Waals surface area contributed by atoms with Gasteiger partial charge in [0, 0.05) is 11.5 Å². The summed E-state index contributed by atoms with van der Waals surface area (Å²) in [7, 11) is 0. The highest BCUT2D eigenvalue weighted by molar-refractivity contribution is 5.99. The van der Waals surface area contributed by atoms with Crippen molar-refractivity contribution in [3.8, 4) is 0 Å². The molecule has 24 heavy (non-hydrogen) atoms. The molecular formula is C23H24O. The molecule has 2 aromatic carbocycles. The van der Waals surface area contributed by atoms with Crippen molar-refractivity contribution in [2.45, 2.75) is 32.6 Å². The zero-order valence-corrected chi connectivity index (χ0v) is 14.5. The topological polar surface area (TPSA) is 17.1 Å². The number of rotatable bonds is 4. The van der Waals surface area contributed by atoms with E-state index < -0.39 is 0 Å². The molecule has 0 aliphatic heterocycles. The van der Waals surface area contributed by atoms with E-state index in [-0.39, 0.29) is 17.6 Å². The monoisotopic (exact) mass is 316 g/mol. The quantitative estimate of drug-likeness (QED) is 0.649. The summed E-state index contributed by atoms with van der Waals surface area (Å²) in [5, 5.41) is 0. The highest BCUT2D eigenvalue weighted by Gasteiger charge is 2.24. The second-order valence-electron chi connectivity index (χ2n) is 6.81. The molecule has 0 saturated heterocycles. The molecule has 1 nitrogen and oxygen atoms in total.